The highest BCUT2D eigenvalue weighted by atomic mass is 35.5. The molecule has 1 aromatic heterocycles. The Morgan fingerprint density at radius 1 is 0.733 bits per heavy atom. The van der Waals surface area contributed by atoms with Gasteiger partial charge in [-0.25, -0.2) is 19.6 Å². The zero-order valence-corrected chi connectivity index (χ0v) is 28.0. The number of halogens is 1. The molecule has 0 bridgehead atoms. The van der Waals surface area contributed by atoms with Crippen LogP contribution in [0.15, 0.2) is 102 Å². The lowest BCUT2D eigenvalue weighted by atomic mass is 9.77. The van der Waals surface area contributed by atoms with Crippen LogP contribution in [0.25, 0.3) is 0 Å². The van der Waals surface area contributed by atoms with Crippen molar-refractivity contribution in [3.63, 3.8) is 0 Å². The van der Waals surface area contributed by atoms with Crippen LogP contribution in [0.4, 0.5) is 15.4 Å². The lowest BCUT2D eigenvalue weighted by molar-refractivity contribution is 0.0428. The summed E-state index contributed by atoms with van der Waals surface area (Å²) in [7, 11) is 0. The predicted octanol–water partition coefficient (Wildman–Crippen LogP) is 8.48. The minimum absolute atomic E-state index is 0.0406. The second-order valence-corrected chi connectivity index (χ2v) is 13.7. The maximum absolute atomic E-state index is 13.2. The van der Waals surface area contributed by atoms with Gasteiger partial charge in [-0.05, 0) is 58.2 Å². The van der Waals surface area contributed by atoms with Crippen molar-refractivity contribution in [1.29, 1.82) is 0 Å². The van der Waals surface area contributed by atoms with E-state index in [-0.39, 0.29) is 11.0 Å². The van der Waals surface area contributed by atoms with E-state index in [0.717, 1.165) is 21.6 Å². The van der Waals surface area contributed by atoms with Gasteiger partial charge in [-0.15, -0.1) is 0 Å². The molecule has 236 valence electrons. The number of benzene rings is 3. The summed E-state index contributed by atoms with van der Waals surface area (Å²) < 4.78 is 11.0. The molecule has 8 nitrogen and oxygen atoms in total. The highest BCUT2D eigenvalue weighted by molar-refractivity contribution is 7.99. The third kappa shape index (κ3) is 9.06. The Morgan fingerprint density at radius 3 is 1.56 bits per heavy atom. The molecule has 1 heterocycles. The van der Waals surface area contributed by atoms with Gasteiger partial charge in [0.2, 0.25) is 0 Å². The number of amides is 2. The van der Waals surface area contributed by atoms with Crippen LogP contribution < -0.4 is 10.2 Å². The number of carbonyl (C=O) groups is 2. The van der Waals surface area contributed by atoms with E-state index in [4.69, 9.17) is 21.1 Å². The Balaban J connectivity index is 1.61. The van der Waals surface area contributed by atoms with Gasteiger partial charge in [0.1, 0.15) is 16.4 Å². The molecule has 0 aliphatic heterocycles. The van der Waals surface area contributed by atoms with Gasteiger partial charge in [-0.2, -0.15) is 4.90 Å². The van der Waals surface area contributed by atoms with Gasteiger partial charge in [0.05, 0.1) is 5.54 Å². The van der Waals surface area contributed by atoms with Crippen LogP contribution in [-0.2, 0) is 15.0 Å². The Labute approximate surface area is 274 Å². The van der Waals surface area contributed by atoms with Crippen LogP contribution >= 0.6 is 23.4 Å². The minimum Gasteiger partial charge on any atom is -0.443 e. The van der Waals surface area contributed by atoms with Gasteiger partial charge >= 0.3 is 12.2 Å². The molecule has 1 N–H and O–H groups in total. The zero-order chi connectivity index (χ0) is 32.7. The number of imide groups is 1. The molecular formula is C35H39ClN4O4S. The summed E-state index contributed by atoms with van der Waals surface area (Å²) in [6.45, 7) is 10.8. The molecule has 0 radical (unpaired) electrons. The normalized spacial score (nSPS) is 12.0. The quantitative estimate of drug-likeness (QED) is 0.0636. The maximum atomic E-state index is 13.2. The summed E-state index contributed by atoms with van der Waals surface area (Å²) in [5.41, 5.74) is 0.937. The standard InChI is InChI=1S/C35H39ClN4O4S/c1-33(2,3)43-31(41)40(32(42)44-34(4,5)6)29-24-28(36)38-30(39-29)45-23-22-37-35(25-16-10-7-11-17-25,26-18-12-8-13-19-26)27-20-14-9-15-21-27/h7-21,24,37H,22-23H2,1-6H3. The Hall–Kier alpha value is -3.92. The van der Waals surface area contributed by atoms with Crippen molar-refractivity contribution in [2.75, 3.05) is 17.2 Å². The van der Waals surface area contributed by atoms with Crippen molar-refractivity contribution in [2.45, 2.75) is 63.4 Å². The predicted molar refractivity (Wildman–Crippen MR) is 180 cm³/mol. The molecule has 45 heavy (non-hydrogen) atoms. The summed E-state index contributed by atoms with van der Waals surface area (Å²) >= 11 is 7.73. The average molecular weight is 647 g/mol. The molecule has 0 spiro atoms. The summed E-state index contributed by atoms with van der Waals surface area (Å²) in [4.78, 5) is 35.9. The van der Waals surface area contributed by atoms with Crippen LogP contribution in [0.1, 0.15) is 58.2 Å². The van der Waals surface area contributed by atoms with Crippen LogP contribution in [-0.4, -0.2) is 45.7 Å². The van der Waals surface area contributed by atoms with Gasteiger partial charge in [0.15, 0.2) is 11.0 Å². The number of nitrogens with zero attached hydrogens (tertiary/aromatic N) is 3. The van der Waals surface area contributed by atoms with E-state index in [0.29, 0.717) is 17.5 Å². The number of hydrogen-bond donors (Lipinski definition) is 1. The van der Waals surface area contributed by atoms with Gasteiger partial charge in [-0.1, -0.05) is 114 Å². The van der Waals surface area contributed by atoms with E-state index in [1.807, 2.05) is 54.6 Å². The van der Waals surface area contributed by atoms with Gasteiger partial charge in [0.25, 0.3) is 0 Å². The van der Waals surface area contributed by atoms with Crippen LogP contribution in [0.2, 0.25) is 5.15 Å². The SMILES string of the molecule is CC(C)(C)OC(=O)N(C(=O)OC(C)(C)C)c1cc(Cl)nc(SCCNC(c2ccccc2)(c2ccccc2)c2ccccc2)n1. The second kappa shape index (κ2) is 14.5. The van der Waals surface area contributed by atoms with Gasteiger partial charge in [0, 0.05) is 18.4 Å². The van der Waals surface area contributed by atoms with Crippen molar-refractivity contribution in [2.24, 2.45) is 0 Å². The molecule has 4 aromatic rings. The molecular weight excluding hydrogens is 608 g/mol. The van der Waals surface area contributed by atoms with Crippen molar-refractivity contribution >= 4 is 41.4 Å². The zero-order valence-electron chi connectivity index (χ0n) is 26.4. The second-order valence-electron chi connectivity index (χ2n) is 12.3. The molecule has 0 atom stereocenters. The fourth-order valence-corrected chi connectivity index (χ4v) is 5.63. The molecule has 0 saturated heterocycles. The minimum atomic E-state index is -0.928. The number of carbonyl (C=O) groups excluding carboxylic acids is 2. The molecule has 0 aliphatic carbocycles. The number of rotatable bonds is 9. The smallest absolute Gasteiger partial charge is 0.425 e. The fourth-order valence-electron chi connectivity index (χ4n) is 4.69. The highest BCUT2D eigenvalue weighted by Crippen LogP contribution is 2.37. The Bertz CT molecular complexity index is 1450. The largest absolute Gasteiger partial charge is 0.443 e. The van der Waals surface area contributed by atoms with Crippen molar-refractivity contribution in [3.8, 4) is 0 Å². The van der Waals surface area contributed by atoms with E-state index in [1.165, 1.54) is 17.8 Å². The third-order valence-corrected chi connectivity index (χ3v) is 7.43. The van der Waals surface area contributed by atoms with Crippen LogP contribution in [0.5, 0.6) is 0 Å². The highest BCUT2D eigenvalue weighted by Gasteiger charge is 2.36. The summed E-state index contributed by atoms with van der Waals surface area (Å²) in [6, 6.07) is 32.3. The third-order valence-electron chi connectivity index (χ3n) is 6.39. The molecule has 4 rings (SSSR count). The van der Waals surface area contributed by atoms with E-state index in [9.17, 15) is 9.59 Å². The first-order chi connectivity index (χ1) is 21.3. The number of thioether (sulfide) groups is 1. The topological polar surface area (TPSA) is 93.7 Å². The van der Waals surface area contributed by atoms with E-state index < -0.39 is 28.9 Å². The Morgan fingerprint density at radius 2 is 1.16 bits per heavy atom. The van der Waals surface area contributed by atoms with E-state index in [1.54, 1.807) is 41.5 Å². The van der Waals surface area contributed by atoms with Crippen LogP contribution in [0, 0.1) is 0 Å². The number of anilines is 1. The van der Waals surface area contributed by atoms with Crippen molar-refractivity contribution < 1.29 is 19.1 Å². The van der Waals surface area contributed by atoms with Gasteiger partial charge < -0.3 is 9.47 Å². The number of hydrogen-bond acceptors (Lipinski definition) is 8. The fraction of sp³-hybridized carbons (Fsp3) is 0.314. The van der Waals surface area contributed by atoms with Crippen molar-refractivity contribution in [1.82, 2.24) is 15.3 Å². The van der Waals surface area contributed by atoms with Crippen LogP contribution in [0.3, 0.4) is 0 Å². The molecule has 0 saturated carbocycles. The first kappa shape index (κ1) is 34.0. The van der Waals surface area contributed by atoms with Gasteiger partial charge in [-0.3, -0.25) is 5.32 Å². The van der Waals surface area contributed by atoms with E-state index >= 15 is 0 Å². The van der Waals surface area contributed by atoms with Crippen molar-refractivity contribution in [3.05, 3.63) is 119 Å². The molecule has 3 aromatic carbocycles. The molecule has 0 aliphatic rings. The number of nitrogens with one attached hydrogen (secondary N) is 1. The monoisotopic (exact) mass is 646 g/mol. The number of ether oxygens (including phenoxy) is 2. The lowest BCUT2D eigenvalue weighted by Gasteiger charge is -2.37. The summed E-state index contributed by atoms with van der Waals surface area (Å²) in [5.74, 6) is 0.508. The maximum Gasteiger partial charge on any atom is 0.425 e. The Kier molecular flexibility index (Phi) is 10.9. The molecule has 2 amide bonds. The average Bonchev–Trinajstić information content (AvgIpc) is 2.97. The molecule has 0 fully saturated rings. The number of aromatic nitrogens is 2. The first-order valence-corrected chi connectivity index (χ1v) is 16.0. The summed E-state index contributed by atoms with van der Waals surface area (Å²) in [5, 5.41) is 4.19. The lowest BCUT2D eigenvalue weighted by Crippen LogP contribution is -2.45. The molecule has 10 heteroatoms. The molecule has 0 unspecified atom stereocenters. The first-order valence-electron chi connectivity index (χ1n) is 14.6. The van der Waals surface area contributed by atoms with E-state index in [2.05, 4.69) is 51.7 Å². The summed E-state index contributed by atoms with van der Waals surface area (Å²) in [6.07, 6.45) is -1.86.